The quantitative estimate of drug-likeness (QED) is 0.801. The topological polar surface area (TPSA) is 39.2 Å². The Hall–Kier alpha value is -2.23. The van der Waals surface area contributed by atoms with Crippen LogP contribution in [0.4, 0.5) is 4.39 Å². The minimum absolute atomic E-state index is 0.293. The zero-order valence-corrected chi connectivity index (χ0v) is 11.7. The lowest BCUT2D eigenvalue weighted by Crippen LogP contribution is -2.09. The fraction of sp³-hybridized carbons (Fsp3) is 0.250. The predicted molar refractivity (Wildman–Crippen MR) is 75.1 cm³/mol. The minimum atomic E-state index is -0.435. The SMILES string of the molecule is CCOC(=O)c1cc(-c2ccccc2F)c(C)nc1C. The van der Waals surface area contributed by atoms with Crippen LogP contribution in [0.25, 0.3) is 11.1 Å². The molecule has 104 valence electrons. The zero-order valence-electron chi connectivity index (χ0n) is 11.7. The fourth-order valence-electron chi connectivity index (χ4n) is 2.09. The summed E-state index contributed by atoms with van der Waals surface area (Å²) in [5, 5.41) is 0. The van der Waals surface area contributed by atoms with Crippen molar-refractivity contribution < 1.29 is 13.9 Å². The van der Waals surface area contributed by atoms with Crippen molar-refractivity contribution in [3.05, 3.63) is 53.1 Å². The van der Waals surface area contributed by atoms with Crippen LogP contribution >= 0.6 is 0 Å². The van der Waals surface area contributed by atoms with Crippen LogP contribution in [0.3, 0.4) is 0 Å². The summed E-state index contributed by atoms with van der Waals surface area (Å²) in [7, 11) is 0. The lowest BCUT2D eigenvalue weighted by atomic mass is 10.0. The second kappa shape index (κ2) is 5.82. The molecule has 20 heavy (non-hydrogen) atoms. The van der Waals surface area contributed by atoms with Crippen LogP contribution in [0.5, 0.6) is 0 Å². The number of carbonyl (C=O) groups excluding carboxylic acids is 1. The molecule has 0 saturated heterocycles. The molecule has 0 unspecified atom stereocenters. The number of aryl methyl sites for hydroxylation is 2. The lowest BCUT2D eigenvalue weighted by Gasteiger charge is -2.11. The Labute approximate surface area is 117 Å². The van der Waals surface area contributed by atoms with Crippen molar-refractivity contribution in [1.82, 2.24) is 4.98 Å². The molecule has 3 nitrogen and oxygen atoms in total. The number of benzene rings is 1. The Kier molecular flexibility index (Phi) is 4.13. The maximum Gasteiger partial charge on any atom is 0.339 e. The molecule has 0 aliphatic heterocycles. The number of nitrogens with zero attached hydrogens (tertiary/aromatic N) is 1. The van der Waals surface area contributed by atoms with Gasteiger partial charge in [0.15, 0.2) is 0 Å². The van der Waals surface area contributed by atoms with Crippen LogP contribution in [0.2, 0.25) is 0 Å². The average molecular weight is 273 g/mol. The van der Waals surface area contributed by atoms with Gasteiger partial charge < -0.3 is 4.74 Å². The summed E-state index contributed by atoms with van der Waals surface area (Å²) in [6, 6.07) is 8.08. The molecule has 0 radical (unpaired) electrons. The van der Waals surface area contributed by atoms with E-state index in [0.29, 0.717) is 34.7 Å². The van der Waals surface area contributed by atoms with Gasteiger partial charge in [0.25, 0.3) is 0 Å². The predicted octanol–water partition coefficient (Wildman–Crippen LogP) is 3.68. The van der Waals surface area contributed by atoms with Crippen molar-refractivity contribution in [2.75, 3.05) is 6.61 Å². The molecule has 0 spiro atoms. The molecule has 0 aliphatic rings. The largest absolute Gasteiger partial charge is 0.462 e. The molecule has 2 aromatic rings. The Morgan fingerprint density at radius 2 is 1.90 bits per heavy atom. The monoisotopic (exact) mass is 273 g/mol. The van der Waals surface area contributed by atoms with Gasteiger partial charge in [-0.2, -0.15) is 0 Å². The number of esters is 1. The summed E-state index contributed by atoms with van der Waals surface area (Å²) >= 11 is 0. The summed E-state index contributed by atoms with van der Waals surface area (Å²) in [5.41, 5.74) is 2.68. The normalized spacial score (nSPS) is 10.4. The van der Waals surface area contributed by atoms with Crippen LogP contribution in [0.15, 0.2) is 30.3 Å². The summed E-state index contributed by atoms with van der Waals surface area (Å²) in [4.78, 5) is 16.2. The molecule has 1 heterocycles. The van der Waals surface area contributed by atoms with Crippen LogP contribution in [-0.2, 0) is 4.74 Å². The summed E-state index contributed by atoms with van der Waals surface area (Å²) < 4.78 is 18.9. The highest BCUT2D eigenvalue weighted by molar-refractivity contribution is 5.92. The van der Waals surface area contributed by atoms with Crippen molar-refractivity contribution in [2.24, 2.45) is 0 Å². The van der Waals surface area contributed by atoms with Gasteiger partial charge in [-0.3, -0.25) is 4.98 Å². The number of hydrogen-bond acceptors (Lipinski definition) is 3. The van der Waals surface area contributed by atoms with E-state index in [1.54, 1.807) is 45.0 Å². The second-order valence-corrected chi connectivity index (χ2v) is 4.45. The Bertz CT molecular complexity index is 653. The number of pyridine rings is 1. The molecule has 0 amide bonds. The number of rotatable bonds is 3. The number of carbonyl (C=O) groups is 1. The van der Waals surface area contributed by atoms with Gasteiger partial charge in [-0.25, -0.2) is 9.18 Å². The van der Waals surface area contributed by atoms with Gasteiger partial charge in [-0.1, -0.05) is 18.2 Å². The van der Waals surface area contributed by atoms with E-state index in [1.165, 1.54) is 6.07 Å². The Morgan fingerprint density at radius 1 is 1.20 bits per heavy atom. The third-order valence-corrected chi connectivity index (χ3v) is 3.06. The second-order valence-electron chi connectivity index (χ2n) is 4.45. The molecule has 1 aromatic carbocycles. The van der Waals surface area contributed by atoms with E-state index < -0.39 is 5.97 Å². The Morgan fingerprint density at radius 3 is 2.55 bits per heavy atom. The van der Waals surface area contributed by atoms with E-state index in [0.717, 1.165) is 0 Å². The first-order valence-electron chi connectivity index (χ1n) is 6.44. The number of halogens is 1. The Balaban J connectivity index is 2.58. The maximum atomic E-state index is 13.9. The van der Waals surface area contributed by atoms with Crippen molar-refractivity contribution in [3.8, 4) is 11.1 Å². The van der Waals surface area contributed by atoms with Crippen LogP contribution < -0.4 is 0 Å². The van der Waals surface area contributed by atoms with E-state index in [4.69, 9.17) is 4.74 Å². The highest BCUT2D eigenvalue weighted by atomic mass is 19.1. The number of hydrogen-bond donors (Lipinski definition) is 0. The van der Waals surface area contributed by atoms with Gasteiger partial charge in [0, 0.05) is 16.8 Å². The summed E-state index contributed by atoms with van der Waals surface area (Å²) in [6.07, 6.45) is 0. The number of ether oxygens (including phenoxy) is 1. The van der Waals surface area contributed by atoms with E-state index in [-0.39, 0.29) is 5.82 Å². The molecule has 0 N–H and O–H groups in total. The minimum Gasteiger partial charge on any atom is -0.462 e. The van der Waals surface area contributed by atoms with Gasteiger partial charge >= 0.3 is 5.97 Å². The first-order valence-corrected chi connectivity index (χ1v) is 6.44. The van der Waals surface area contributed by atoms with E-state index in [1.807, 2.05) is 0 Å². The van der Waals surface area contributed by atoms with E-state index in [2.05, 4.69) is 4.98 Å². The van der Waals surface area contributed by atoms with Crippen molar-refractivity contribution in [1.29, 1.82) is 0 Å². The summed E-state index contributed by atoms with van der Waals surface area (Å²) in [6.45, 7) is 5.57. The van der Waals surface area contributed by atoms with Crippen molar-refractivity contribution in [2.45, 2.75) is 20.8 Å². The van der Waals surface area contributed by atoms with E-state index >= 15 is 0 Å². The molecule has 0 bridgehead atoms. The average Bonchev–Trinajstić information content (AvgIpc) is 2.40. The van der Waals surface area contributed by atoms with Gasteiger partial charge in [-0.05, 0) is 32.9 Å². The maximum absolute atomic E-state index is 13.9. The van der Waals surface area contributed by atoms with Gasteiger partial charge in [0.05, 0.1) is 17.9 Å². The summed E-state index contributed by atoms with van der Waals surface area (Å²) in [5.74, 6) is -0.772. The highest BCUT2D eigenvalue weighted by Crippen LogP contribution is 2.27. The lowest BCUT2D eigenvalue weighted by molar-refractivity contribution is 0.0525. The highest BCUT2D eigenvalue weighted by Gasteiger charge is 2.16. The van der Waals surface area contributed by atoms with E-state index in [9.17, 15) is 9.18 Å². The van der Waals surface area contributed by atoms with Crippen molar-refractivity contribution in [3.63, 3.8) is 0 Å². The molecular weight excluding hydrogens is 257 g/mol. The molecule has 0 atom stereocenters. The van der Waals surface area contributed by atoms with Crippen molar-refractivity contribution >= 4 is 5.97 Å². The molecule has 1 aromatic heterocycles. The van der Waals surface area contributed by atoms with Crippen LogP contribution in [0.1, 0.15) is 28.7 Å². The van der Waals surface area contributed by atoms with Crippen LogP contribution in [0, 0.1) is 19.7 Å². The molecule has 0 aliphatic carbocycles. The smallest absolute Gasteiger partial charge is 0.339 e. The molecule has 2 rings (SSSR count). The first-order chi connectivity index (χ1) is 9.54. The van der Waals surface area contributed by atoms with Crippen LogP contribution in [-0.4, -0.2) is 17.6 Å². The van der Waals surface area contributed by atoms with Gasteiger partial charge in [0.1, 0.15) is 5.82 Å². The van der Waals surface area contributed by atoms with Gasteiger partial charge in [0.2, 0.25) is 0 Å². The molecule has 4 heteroatoms. The third kappa shape index (κ3) is 2.69. The third-order valence-electron chi connectivity index (χ3n) is 3.06. The zero-order chi connectivity index (χ0) is 14.7. The van der Waals surface area contributed by atoms with Gasteiger partial charge in [-0.15, -0.1) is 0 Å². The first kappa shape index (κ1) is 14.2. The molecular formula is C16H16FNO2. The molecule has 0 fully saturated rings. The fourth-order valence-corrected chi connectivity index (χ4v) is 2.09. The number of aromatic nitrogens is 1. The standard InChI is InChI=1S/C16H16FNO2/c1-4-20-16(19)14-9-13(10(2)18-11(14)3)12-7-5-6-8-15(12)17/h5-9H,4H2,1-3H3. The molecule has 0 saturated carbocycles.